The molecule has 0 amide bonds. The Bertz CT molecular complexity index is 2780. The van der Waals surface area contributed by atoms with Crippen molar-refractivity contribution in [1.82, 2.24) is 0 Å². The van der Waals surface area contributed by atoms with Crippen molar-refractivity contribution < 1.29 is 248 Å². The van der Waals surface area contributed by atoms with Gasteiger partial charge in [0.15, 0.2) is 62.9 Å². The molecule has 50 heteroatoms. The average molecular weight is 1620 g/mol. The van der Waals surface area contributed by atoms with Crippen LogP contribution in [0.5, 0.6) is 0 Å². The second-order valence-electron chi connectivity index (χ2n) is 28.1. The van der Waals surface area contributed by atoms with Gasteiger partial charge >= 0.3 is 0 Å². The van der Waals surface area contributed by atoms with E-state index in [1.165, 1.54) is 0 Å². The molecule has 0 aromatic heterocycles. The molecule has 0 saturated carbocycles. The lowest BCUT2D eigenvalue weighted by molar-refractivity contribution is -0.405. The molecule has 0 spiro atoms. The predicted octanol–water partition coefficient (Wildman–Crippen LogP) is -21.8. The number of hydrogen-bond donors (Lipinski definition) is 30. The molecule has 32 aliphatic rings. The van der Waals surface area contributed by atoms with Crippen LogP contribution < -0.4 is 0 Å². The predicted molar refractivity (Wildman–Crippen MR) is 326 cm³/mol. The van der Waals surface area contributed by atoms with Gasteiger partial charge in [-0.2, -0.15) is 0 Å². The van der Waals surface area contributed by atoms with Gasteiger partial charge in [0.1, 0.15) is 244 Å². The van der Waals surface area contributed by atoms with Crippen molar-refractivity contribution in [2.45, 2.75) is 307 Å². The lowest BCUT2D eigenvalue weighted by atomic mass is 9.94. The van der Waals surface area contributed by atoms with Crippen LogP contribution >= 0.6 is 0 Å². The van der Waals surface area contributed by atoms with Gasteiger partial charge in [0.05, 0.1) is 66.1 Å². The second-order valence-corrected chi connectivity index (χ2v) is 28.1. The molecular formula is C60H100O50. The summed E-state index contributed by atoms with van der Waals surface area (Å²) in [5, 5.41) is 334. The summed E-state index contributed by atoms with van der Waals surface area (Å²) in [6.07, 6.45) is -106. The molecule has 0 aliphatic carbocycles. The molecule has 32 fully saturated rings. The van der Waals surface area contributed by atoms with Crippen molar-refractivity contribution >= 4 is 0 Å². The van der Waals surface area contributed by atoms with Crippen LogP contribution in [-0.4, -0.2) is 526 Å². The summed E-state index contributed by atoms with van der Waals surface area (Å²) in [4.78, 5) is 0. The highest BCUT2D eigenvalue weighted by Gasteiger charge is 2.62. The first-order valence-electron chi connectivity index (χ1n) is 35.2. The zero-order valence-electron chi connectivity index (χ0n) is 57.5. The maximum atomic E-state index is 12.1. The van der Waals surface area contributed by atoms with Crippen molar-refractivity contribution in [3.05, 3.63) is 0 Å². The van der Waals surface area contributed by atoms with Gasteiger partial charge < -0.3 is 248 Å². The summed E-state index contributed by atoms with van der Waals surface area (Å²) in [7, 11) is 0. The van der Waals surface area contributed by atoms with Crippen LogP contribution in [0.3, 0.4) is 0 Å². The molecule has 32 saturated heterocycles. The minimum Gasteiger partial charge on any atom is -0.394 e. The van der Waals surface area contributed by atoms with Crippen LogP contribution in [0.2, 0.25) is 0 Å². The third-order valence-electron chi connectivity index (χ3n) is 21.1. The Labute approximate surface area is 619 Å². The summed E-state index contributed by atoms with van der Waals surface area (Å²) in [6, 6.07) is 0. The van der Waals surface area contributed by atoms with Gasteiger partial charge in [0.2, 0.25) is 0 Å². The van der Waals surface area contributed by atoms with E-state index in [9.17, 15) is 153 Å². The van der Waals surface area contributed by atoms with Crippen molar-refractivity contribution in [3.8, 4) is 0 Å². The first-order valence-corrected chi connectivity index (χ1v) is 35.2. The highest BCUT2D eigenvalue weighted by Crippen LogP contribution is 2.41. The number of aliphatic hydroxyl groups is 30. The molecule has 0 radical (unpaired) electrons. The standard InChI is InChI=1S/C60H100O50/c61-1-11-21(70)22(71)32(81)52(92-11)102-42-12(2-62)93-51(33(82)23(42)72)91-10-20-50-31(80)41(90)60(101-20)109-49-19(9-69)99-58(39(88)29(49)78)107-47-17(7-67)97-56(37(86)27(47)76)105-45-15(5-65)95-54(35(84)25(45)74)103-43-13(3-63)94-53(34(83)24(43)73)104-44-14(4-64)96-55(36(85)26(44)75)106-46-16(6-66)98-57(38(87)28(46)77)108-48-18(8-68)100-59(110-50)40(89)30(48)79/h11-90H,1-10H2/t11-,12-,13-,14-,15-,16-,17-,18-,19-,20-,21-,22+,23-,24-,25-,26-,27-,28-,29-,30-,31-,32-,33-,34-,35-,36-,37-,38-,39-,40-,41-,42-,43-,44-,45-,46-,47-,48-,49-,50-,51-,52+,53-,54-,55-,56-,57-,58-,59-,60-/m1/s1. The minimum absolute atomic E-state index is 0.922. The molecular weight excluding hydrogens is 1520 g/mol. The van der Waals surface area contributed by atoms with Crippen LogP contribution in [0.15, 0.2) is 0 Å². The number of aliphatic hydroxyl groups excluding tert-OH is 30. The van der Waals surface area contributed by atoms with Gasteiger partial charge in [-0.3, -0.25) is 0 Å². The summed E-state index contributed by atoms with van der Waals surface area (Å²) >= 11 is 0. The van der Waals surface area contributed by atoms with E-state index >= 15 is 0 Å². The molecule has 0 unspecified atom stereocenters. The smallest absolute Gasteiger partial charge is 0.187 e. The van der Waals surface area contributed by atoms with Gasteiger partial charge in [-0.25, -0.2) is 0 Å². The first kappa shape index (κ1) is 88.8. The van der Waals surface area contributed by atoms with E-state index in [0.717, 1.165) is 0 Å². The molecule has 32 aliphatic heterocycles. The van der Waals surface area contributed by atoms with E-state index in [1.54, 1.807) is 0 Å². The third kappa shape index (κ3) is 17.7. The quantitative estimate of drug-likeness (QED) is 0.0768. The van der Waals surface area contributed by atoms with Crippen molar-refractivity contribution in [3.63, 3.8) is 0 Å². The summed E-state index contributed by atoms with van der Waals surface area (Å²) < 4.78 is 115. The van der Waals surface area contributed by atoms with Crippen LogP contribution in [0.1, 0.15) is 0 Å². The summed E-state index contributed by atoms with van der Waals surface area (Å²) in [5.74, 6) is 0. The molecule has 640 valence electrons. The van der Waals surface area contributed by atoms with Crippen molar-refractivity contribution in [2.75, 3.05) is 66.1 Å². The van der Waals surface area contributed by atoms with Crippen LogP contribution in [0.25, 0.3) is 0 Å². The van der Waals surface area contributed by atoms with Gasteiger partial charge in [-0.05, 0) is 0 Å². The summed E-state index contributed by atoms with van der Waals surface area (Å²) in [6.45, 7) is -11.2. The number of rotatable bonds is 14. The van der Waals surface area contributed by atoms with E-state index in [1.807, 2.05) is 0 Å². The normalized spacial score (nSPS) is 55.1. The van der Waals surface area contributed by atoms with Gasteiger partial charge in [0, 0.05) is 0 Å². The average Bonchev–Trinajstić information content (AvgIpc) is 0.773. The molecule has 0 aromatic rings. The lowest BCUT2D eigenvalue weighted by Crippen LogP contribution is -2.69. The fourth-order valence-corrected chi connectivity index (χ4v) is 14.8. The molecule has 50 atom stereocenters. The Kier molecular flexibility index (Phi) is 30.6. The number of hydrogen-bond acceptors (Lipinski definition) is 50. The van der Waals surface area contributed by atoms with Crippen LogP contribution in [-0.2, 0) is 94.7 Å². The van der Waals surface area contributed by atoms with E-state index in [-0.39, 0.29) is 0 Å². The fraction of sp³-hybridized carbons (Fsp3) is 1.00. The zero-order chi connectivity index (χ0) is 80.1. The first-order chi connectivity index (χ1) is 52.3. The van der Waals surface area contributed by atoms with E-state index in [0.29, 0.717) is 0 Å². The van der Waals surface area contributed by atoms with E-state index in [4.69, 9.17) is 94.7 Å². The zero-order valence-corrected chi connectivity index (χ0v) is 57.5. The topological polar surface area (TPSA) is 792 Å². The third-order valence-corrected chi connectivity index (χ3v) is 21.1. The molecule has 32 rings (SSSR count). The number of ether oxygens (including phenoxy) is 20. The van der Waals surface area contributed by atoms with Gasteiger partial charge in [-0.1, -0.05) is 0 Å². The highest BCUT2D eigenvalue weighted by atomic mass is 16.8. The van der Waals surface area contributed by atoms with Crippen LogP contribution in [0, 0.1) is 0 Å². The fourth-order valence-electron chi connectivity index (χ4n) is 14.8. The van der Waals surface area contributed by atoms with E-state index in [2.05, 4.69) is 0 Å². The maximum absolute atomic E-state index is 12.1. The summed E-state index contributed by atoms with van der Waals surface area (Å²) in [5.41, 5.74) is 0. The highest BCUT2D eigenvalue weighted by molar-refractivity contribution is 5.04. The Hall–Kier alpha value is -2.00. The molecule has 50 nitrogen and oxygen atoms in total. The SMILES string of the molecule is OC[C@H]1O[C@@H](O[C@H]2[C@H](O)[C@@H](O)[C@H](OC[C@H]3O[C@@H]4O[C@H]5[C@H](O)[C@@H](O)[C@@H](O[C@H]6[C@H](O)[C@@H](O)[C@@H](O[C@H]7[C@H](O)[C@@H](O)[C@@H](O[C@H]8[C@H](O)[C@@H](O)[C@@H](O[C@H]9[C@H](O)[C@@H](O)[C@@H](O[C@H]%10[C@H](O)[C@@H](O)[C@@H](O[C@H]%11[C@H](O)[C@@H](O)[C@@H](O[C@H]3[C@H](O)[C@H]4O)O[C@@H]%11CO)O[C@@H]%10CO)O[C@@H]9CO)O[C@@H]8CO)O[C@@H]7CO)O[C@@H]6CO)O[C@@H]5CO)O[C@@H]2CO)[C@H](O)[C@@H](O)[C@@H]1O. The monoisotopic (exact) mass is 1620 g/mol. The Morgan fingerprint density at radius 2 is 0.364 bits per heavy atom. The largest absolute Gasteiger partial charge is 0.394 e. The Morgan fingerprint density at radius 1 is 0.164 bits per heavy atom. The molecule has 0 aromatic carbocycles. The molecule has 16 bridgehead atoms. The Morgan fingerprint density at radius 3 is 0.591 bits per heavy atom. The van der Waals surface area contributed by atoms with Crippen molar-refractivity contribution in [1.29, 1.82) is 0 Å². The maximum Gasteiger partial charge on any atom is 0.187 e. The second kappa shape index (κ2) is 37.9. The molecule has 110 heavy (non-hydrogen) atoms. The van der Waals surface area contributed by atoms with Gasteiger partial charge in [0.25, 0.3) is 0 Å². The molecule has 30 N–H and O–H groups in total. The van der Waals surface area contributed by atoms with Crippen molar-refractivity contribution in [2.24, 2.45) is 0 Å². The van der Waals surface area contributed by atoms with Crippen LogP contribution in [0.4, 0.5) is 0 Å². The van der Waals surface area contributed by atoms with Gasteiger partial charge in [-0.15, -0.1) is 0 Å². The minimum atomic E-state index is -2.47. The lowest BCUT2D eigenvalue weighted by Gasteiger charge is -2.51. The Balaban J connectivity index is 0.870. The van der Waals surface area contributed by atoms with E-state index < -0.39 is 373 Å². The molecule has 32 heterocycles.